The van der Waals surface area contributed by atoms with Crippen molar-refractivity contribution in [2.24, 2.45) is 11.8 Å². The summed E-state index contributed by atoms with van der Waals surface area (Å²) in [5.74, 6) is 1.65. The predicted octanol–water partition coefficient (Wildman–Crippen LogP) is 1.18. The van der Waals surface area contributed by atoms with Crippen LogP contribution in [-0.4, -0.2) is 25.0 Å². The Kier molecular flexibility index (Phi) is 3.84. The summed E-state index contributed by atoms with van der Waals surface area (Å²) < 4.78 is 5.26. The Labute approximate surface area is 102 Å². The van der Waals surface area contributed by atoms with Crippen LogP contribution < -0.4 is 10.6 Å². The van der Waals surface area contributed by atoms with Crippen molar-refractivity contribution in [2.45, 2.75) is 26.3 Å². The summed E-state index contributed by atoms with van der Waals surface area (Å²) in [6.07, 6.45) is 2.40. The monoisotopic (exact) mass is 236 g/mol. The number of hydrogen-bond donors (Lipinski definition) is 2. The van der Waals surface area contributed by atoms with Crippen molar-refractivity contribution in [1.82, 2.24) is 10.6 Å². The number of nitrogens with one attached hydrogen (secondary N) is 2. The highest BCUT2D eigenvalue weighted by Gasteiger charge is 2.29. The van der Waals surface area contributed by atoms with E-state index in [0.717, 1.165) is 25.3 Å². The molecule has 1 amide bonds. The first kappa shape index (κ1) is 12.2. The van der Waals surface area contributed by atoms with E-state index in [0.29, 0.717) is 5.92 Å². The second-order valence-corrected chi connectivity index (χ2v) is 4.90. The van der Waals surface area contributed by atoms with Crippen LogP contribution in [0.1, 0.15) is 19.6 Å². The predicted molar refractivity (Wildman–Crippen MR) is 65.5 cm³/mol. The maximum Gasteiger partial charge on any atom is 0.223 e. The van der Waals surface area contributed by atoms with Gasteiger partial charge in [0, 0.05) is 18.4 Å². The first-order chi connectivity index (χ1) is 8.16. The van der Waals surface area contributed by atoms with Crippen LogP contribution in [0, 0.1) is 11.8 Å². The molecule has 2 unspecified atom stereocenters. The molecule has 4 heteroatoms. The lowest BCUT2D eigenvalue weighted by molar-refractivity contribution is -0.127. The lowest BCUT2D eigenvalue weighted by Crippen LogP contribution is -2.50. The number of amides is 1. The van der Waals surface area contributed by atoms with Crippen LogP contribution in [0.2, 0.25) is 0 Å². The average Bonchev–Trinajstić information content (AvgIpc) is 2.67. The molecule has 2 heterocycles. The summed E-state index contributed by atoms with van der Waals surface area (Å²) in [5, 5.41) is 6.23. The molecule has 2 atom stereocenters. The van der Waals surface area contributed by atoms with Gasteiger partial charge in [0.1, 0.15) is 5.76 Å². The van der Waals surface area contributed by atoms with Crippen molar-refractivity contribution in [1.29, 1.82) is 0 Å². The fraction of sp³-hybridized carbons (Fsp3) is 0.615. The van der Waals surface area contributed by atoms with E-state index in [1.165, 1.54) is 0 Å². The largest absolute Gasteiger partial charge is 0.469 e. The minimum absolute atomic E-state index is 0.0929. The van der Waals surface area contributed by atoms with E-state index in [1.54, 1.807) is 6.26 Å². The van der Waals surface area contributed by atoms with Gasteiger partial charge in [0.2, 0.25) is 5.91 Å². The third-order valence-electron chi connectivity index (χ3n) is 3.41. The molecule has 94 valence electrons. The highest BCUT2D eigenvalue weighted by atomic mass is 16.3. The van der Waals surface area contributed by atoms with Crippen LogP contribution in [-0.2, 0) is 11.2 Å². The smallest absolute Gasteiger partial charge is 0.223 e. The molecule has 0 aliphatic carbocycles. The first-order valence-electron chi connectivity index (χ1n) is 6.20. The van der Waals surface area contributed by atoms with Crippen molar-refractivity contribution in [3.8, 4) is 0 Å². The molecule has 0 spiro atoms. The van der Waals surface area contributed by atoms with E-state index in [-0.39, 0.29) is 17.9 Å². The Hall–Kier alpha value is -1.29. The van der Waals surface area contributed by atoms with Gasteiger partial charge in [-0.25, -0.2) is 0 Å². The van der Waals surface area contributed by atoms with Gasteiger partial charge in [0.05, 0.1) is 6.26 Å². The summed E-state index contributed by atoms with van der Waals surface area (Å²) in [7, 11) is 0. The highest BCUT2D eigenvalue weighted by Crippen LogP contribution is 2.16. The Bertz CT molecular complexity index is 358. The average molecular weight is 236 g/mol. The van der Waals surface area contributed by atoms with E-state index < -0.39 is 0 Å². The molecule has 2 N–H and O–H groups in total. The first-order valence-corrected chi connectivity index (χ1v) is 6.20. The fourth-order valence-electron chi connectivity index (χ4n) is 2.03. The van der Waals surface area contributed by atoms with E-state index >= 15 is 0 Å². The van der Waals surface area contributed by atoms with Crippen molar-refractivity contribution in [3.05, 3.63) is 24.2 Å². The van der Waals surface area contributed by atoms with Crippen molar-refractivity contribution >= 4 is 5.91 Å². The Morgan fingerprint density at radius 2 is 2.35 bits per heavy atom. The van der Waals surface area contributed by atoms with Crippen LogP contribution in [0.25, 0.3) is 0 Å². The van der Waals surface area contributed by atoms with Gasteiger partial charge in [-0.2, -0.15) is 0 Å². The lowest BCUT2D eigenvalue weighted by atomic mass is 9.88. The molecular formula is C13H20N2O2. The Morgan fingerprint density at radius 1 is 1.59 bits per heavy atom. The fourth-order valence-corrected chi connectivity index (χ4v) is 2.03. The van der Waals surface area contributed by atoms with Crippen LogP contribution in [0.15, 0.2) is 22.8 Å². The second kappa shape index (κ2) is 5.36. The molecular weight excluding hydrogens is 216 g/mol. The summed E-state index contributed by atoms with van der Waals surface area (Å²) in [6, 6.07) is 3.92. The molecule has 0 saturated carbocycles. The topological polar surface area (TPSA) is 54.3 Å². The van der Waals surface area contributed by atoms with E-state index in [4.69, 9.17) is 4.42 Å². The van der Waals surface area contributed by atoms with Gasteiger partial charge in [-0.05, 0) is 38.1 Å². The molecule has 0 bridgehead atoms. The molecule has 0 aromatic carbocycles. The van der Waals surface area contributed by atoms with Crippen LogP contribution in [0.3, 0.4) is 0 Å². The molecule has 1 aliphatic rings. The molecule has 1 aromatic rings. The molecule has 0 radical (unpaired) electrons. The quantitative estimate of drug-likeness (QED) is 0.807. The molecule has 1 saturated heterocycles. The third-order valence-corrected chi connectivity index (χ3v) is 3.41. The number of rotatable bonds is 5. The molecule has 2 rings (SSSR count). The summed E-state index contributed by atoms with van der Waals surface area (Å²) in [6.45, 7) is 5.93. The van der Waals surface area contributed by atoms with Gasteiger partial charge in [0.25, 0.3) is 0 Å². The summed E-state index contributed by atoms with van der Waals surface area (Å²) in [5.41, 5.74) is 0. The van der Waals surface area contributed by atoms with Gasteiger partial charge >= 0.3 is 0 Å². The van der Waals surface area contributed by atoms with Crippen molar-refractivity contribution in [2.75, 3.05) is 13.1 Å². The summed E-state index contributed by atoms with van der Waals surface area (Å²) in [4.78, 5) is 11.9. The van der Waals surface area contributed by atoms with Gasteiger partial charge < -0.3 is 15.1 Å². The van der Waals surface area contributed by atoms with Crippen LogP contribution in [0.4, 0.5) is 0 Å². The Morgan fingerprint density at radius 3 is 2.88 bits per heavy atom. The third kappa shape index (κ3) is 3.09. The lowest BCUT2D eigenvalue weighted by Gasteiger charge is -2.32. The highest BCUT2D eigenvalue weighted by molar-refractivity contribution is 5.79. The van der Waals surface area contributed by atoms with Gasteiger partial charge in [-0.15, -0.1) is 0 Å². The molecule has 4 nitrogen and oxygen atoms in total. The minimum Gasteiger partial charge on any atom is -0.469 e. The normalized spacial score (nSPS) is 19.4. The zero-order valence-electron chi connectivity index (χ0n) is 10.4. The van der Waals surface area contributed by atoms with E-state index in [9.17, 15) is 4.79 Å². The molecule has 17 heavy (non-hydrogen) atoms. The maximum absolute atomic E-state index is 11.9. The molecule has 1 fully saturated rings. The number of hydrogen-bond acceptors (Lipinski definition) is 3. The molecule has 1 aliphatic heterocycles. The second-order valence-electron chi connectivity index (χ2n) is 4.90. The number of carbonyl (C=O) groups is 1. The van der Waals surface area contributed by atoms with Crippen molar-refractivity contribution in [3.63, 3.8) is 0 Å². The zero-order valence-corrected chi connectivity index (χ0v) is 10.4. The minimum atomic E-state index is 0.0929. The van der Waals surface area contributed by atoms with E-state index in [2.05, 4.69) is 10.6 Å². The number of carbonyl (C=O) groups excluding carboxylic acids is 1. The maximum atomic E-state index is 11.9. The van der Waals surface area contributed by atoms with E-state index in [1.807, 2.05) is 26.0 Å². The van der Waals surface area contributed by atoms with Gasteiger partial charge in [0.15, 0.2) is 0 Å². The van der Waals surface area contributed by atoms with Crippen molar-refractivity contribution < 1.29 is 9.21 Å². The standard InChI is InChI=1S/C13H20N2O2/c1-9(6-12-4-3-5-17-12)15-13(16)10(2)11-7-14-8-11/h3-5,9-11,14H,6-8H2,1-2H3,(H,15,16). The Balaban J connectivity index is 1.77. The summed E-state index contributed by atoms with van der Waals surface area (Å²) >= 11 is 0. The van der Waals surface area contributed by atoms with Crippen LogP contribution >= 0.6 is 0 Å². The molecule has 1 aromatic heterocycles. The van der Waals surface area contributed by atoms with Crippen LogP contribution in [0.5, 0.6) is 0 Å². The van der Waals surface area contributed by atoms with Gasteiger partial charge in [-0.3, -0.25) is 4.79 Å². The SMILES string of the molecule is CC(Cc1ccco1)NC(=O)C(C)C1CNC1. The number of furan rings is 1. The van der Waals surface area contributed by atoms with Gasteiger partial charge in [-0.1, -0.05) is 6.92 Å². The zero-order chi connectivity index (χ0) is 12.3.